The number of fused-ring (bicyclic) bond motifs is 9. The summed E-state index contributed by atoms with van der Waals surface area (Å²) in [6.45, 7) is 4.79. The number of nitrogens with one attached hydrogen (secondary N) is 4. The van der Waals surface area contributed by atoms with Crippen LogP contribution in [0.3, 0.4) is 0 Å². The SMILES string of the molecule is COc1c(O)cc2cc1Oc1ccc(cc1[N+](=O)[O-])C[C@@H](NC(=O)[C@H](N)CC(C)C)C(=O)N[C@@H](Cc1ccccc1)C(=O)N[C@H]2[C@H](NC(C)=O)C(=O)O.Cl. The Labute approximate surface area is 316 Å². The van der Waals surface area contributed by atoms with Crippen LogP contribution in [0.4, 0.5) is 5.69 Å². The fourth-order valence-electron chi connectivity index (χ4n) is 5.90. The van der Waals surface area contributed by atoms with Crippen LogP contribution >= 0.6 is 12.4 Å². The first-order valence-corrected chi connectivity index (χ1v) is 16.6. The van der Waals surface area contributed by atoms with Gasteiger partial charge in [0.05, 0.1) is 24.1 Å². The summed E-state index contributed by atoms with van der Waals surface area (Å²) in [7, 11) is 1.19. The number of nitro benzene ring substituents is 1. The van der Waals surface area contributed by atoms with Crippen LogP contribution in [0.25, 0.3) is 0 Å². The second-order valence-corrected chi connectivity index (χ2v) is 13.0. The average Bonchev–Trinajstić information content (AvgIpc) is 3.08. The molecule has 290 valence electrons. The van der Waals surface area contributed by atoms with Gasteiger partial charge in [-0.15, -0.1) is 12.4 Å². The predicted molar refractivity (Wildman–Crippen MR) is 196 cm³/mol. The number of ether oxygens (including phenoxy) is 2. The van der Waals surface area contributed by atoms with Crippen LogP contribution in [0.1, 0.15) is 49.9 Å². The fourth-order valence-corrected chi connectivity index (χ4v) is 5.90. The van der Waals surface area contributed by atoms with Crippen LogP contribution in [0.2, 0.25) is 0 Å². The number of nitro groups is 1. The van der Waals surface area contributed by atoms with E-state index in [0.717, 1.165) is 19.1 Å². The molecule has 8 N–H and O–H groups in total. The first-order valence-electron chi connectivity index (χ1n) is 16.6. The molecule has 18 heteroatoms. The van der Waals surface area contributed by atoms with Gasteiger partial charge in [0.15, 0.2) is 17.5 Å². The van der Waals surface area contributed by atoms with E-state index >= 15 is 0 Å². The van der Waals surface area contributed by atoms with Gasteiger partial charge in [0.25, 0.3) is 0 Å². The maximum Gasteiger partial charge on any atom is 0.328 e. The summed E-state index contributed by atoms with van der Waals surface area (Å²) in [5.41, 5.74) is 6.28. The number of aliphatic carboxylic acids is 1. The molecule has 4 bridgehead atoms. The number of hydrogen-bond donors (Lipinski definition) is 7. The molecule has 0 saturated carbocycles. The number of carboxylic acid groups (broad SMARTS) is 1. The van der Waals surface area contributed by atoms with Gasteiger partial charge in [-0.2, -0.15) is 0 Å². The number of benzene rings is 3. The molecule has 0 unspecified atom stereocenters. The first kappa shape index (κ1) is 42.5. The van der Waals surface area contributed by atoms with E-state index in [2.05, 4.69) is 21.3 Å². The molecule has 3 aromatic carbocycles. The number of amides is 4. The second-order valence-electron chi connectivity index (χ2n) is 13.0. The zero-order valence-electron chi connectivity index (χ0n) is 29.9. The van der Waals surface area contributed by atoms with Crippen LogP contribution in [0.15, 0.2) is 60.7 Å². The van der Waals surface area contributed by atoms with Crippen molar-refractivity contribution in [2.75, 3.05) is 7.11 Å². The monoisotopic (exact) mass is 770 g/mol. The summed E-state index contributed by atoms with van der Waals surface area (Å²) in [5.74, 6) is -6.21. The van der Waals surface area contributed by atoms with Gasteiger partial charge in [-0.05, 0) is 47.2 Å². The van der Waals surface area contributed by atoms with E-state index in [0.29, 0.717) is 5.56 Å². The zero-order chi connectivity index (χ0) is 39.0. The number of carbonyl (C=O) groups excluding carboxylic acids is 4. The van der Waals surface area contributed by atoms with Crippen molar-refractivity contribution in [2.24, 2.45) is 11.7 Å². The quantitative estimate of drug-likeness (QED) is 0.110. The smallest absolute Gasteiger partial charge is 0.328 e. The second kappa shape index (κ2) is 18.7. The van der Waals surface area contributed by atoms with Crippen molar-refractivity contribution in [3.05, 3.63) is 87.5 Å². The molecule has 0 aromatic heterocycles. The van der Waals surface area contributed by atoms with Crippen molar-refractivity contribution >= 4 is 47.7 Å². The maximum atomic E-state index is 14.2. The van der Waals surface area contributed by atoms with Crippen LogP contribution in [-0.2, 0) is 36.8 Å². The van der Waals surface area contributed by atoms with Gasteiger partial charge in [-0.1, -0.05) is 50.2 Å². The molecule has 2 aliphatic rings. The van der Waals surface area contributed by atoms with E-state index in [1.54, 1.807) is 30.3 Å². The van der Waals surface area contributed by atoms with Gasteiger partial charge < -0.3 is 46.7 Å². The molecular weight excluding hydrogens is 728 g/mol. The standard InChI is InChI=1S/C36H42N6O11.ClH/c1-18(2)12-23(37)33(45)39-25-14-21-10-11-28(26(15-21)42(50)51)53-29-17-22(16-27(44)32(29)52-4)30(31(36(48)49)38-19(3)43)41-35(47)24(40-34(25)46)13-20-8-6-5-7-9-20;/h5-11,15-18,23-25,30-31,44H,12-14,37H2,1-4H3,(H,38,43)(H,39,45)(H,40,46)(H,41,47)(H,48,49);1H/t23-,24+,25-,30-,31+;/m1./s1. The molecule has 54 heavy (non-hydrogen) atoms. The van der Waals surface area contributed by atoms with Gasteiger partial charge in [0.2, 0.25) is 35.1 Å². The molecule has 0 aliphatic carbocycles. The van der Waals surface area contributed by atoms with Gasteiger partial charge in [0.1, 0.15) is 12.1 Å². The van der Waals surface area contributed by atoms with Crippen LogP contribution in [0.5, 0.6) is 23.0 Å². The van der Waals surface area contributed by atoms with Gasteiger partial charge >= 0.3 is 11.7 Å². The Morgan fingerprint density at radius 3 is 2.33 bits per heavy atom. The Morgan fingerprint density at radius 1 is 1.06 bits per heavy atom. The highest BCUT2D eigenvalue weighted by molar-refractivity contribution is 5.94. The molecule has 4 amide bonds. The van der Waals surface area contributed by atoms with Crippen molar-refractivity contribution in [3.8, 4) is 23.0 Å². The minimum atomic E-state index is -1.84. The highest BCUT2D eigenvalue weighted by atomic mass is 35.5. The maximum absolute atomic E-state index is 14.2. The molecule has 0 radical (unpaired) electrons. The van der Waals surface area contributed by atoms with Crippen molar-refractivity contribution < 1.29 is 48.6 Å². The summed E-state index contributed by atoms with van der Waals surface area (Å²) < 4.78 is 11.2. The topological polar surface area (TPSA) is 262 Å². The lowest BCUT2D eigenvalue weighted by Gasteiger charge is -2.30. The highest BCUT2D eigenvalue weighted by Crippen LogP contribution is 2.44. The van der Waals surface area contributed by atoms with E-state index in [1.807, 2.05) is 13.8 Å². The minimum Gasteiger partial charge on any atom is -0.504 e. The molecule has 17 nitrogen and oxygen atoms in total. The third kappa shape index (κ3) is 10.8. The van der Waals surface area contributed by atoms with E-state index in [4.69, 9.17) is 15.2 Å². The molecule has 5 rings (SSSR count). The third-order valence-electron chi connectivity index (χ3n) is 8.37. The minimum absolute atomic E-state index is 0. The predicted octanol–water partition coefficient (Wildman–Crippen LogP) is 2.41. The Bertz CT molecular complexity index is 1880. The van der Waals surface area contributed by atoms with Gasteiger partial charge in [-0.25, -0.2) is 4.79 Å². The number of carboxylic acids is 1. The van der Waals surface area contributed by atoms with Crippen molar-refractivity contribution in [1.29, 1.82) is 0 Å². The molecule has 2 heterocycles. The lowest BCUT2D eigenvalue weighted by Crippen LogP contribution is -2.58. The molecule has 0 fully saturated rings. The van der Waals surface area contributed by atoms with Gasteiger partial charge in [-0.3, -0.25) is 29.3 Å². The summed E-state index contributed by atoms with van der Waals surface area (Å²) in [6.07, 6.45) is -0.103. The summed E-state index contributed by atoms with van der Waals surface area (Å²) in [4.78, 5) is 77.9. The number of phenols is 1. The molecule has 0 spiro atoms. The van der Waals surface area contributed by atoms with Crippen molar-refractivity contribution in [1.82, 2.24) is 21.3 Å². The number of rotatable bonds is 11. The van der Waals surface area contributed by atoms with Gasteiger partial charge in [0, 0.05) is 25.8 Å². The Kier molecular flexibility index (Phi) is 14.7. The Balaban J connectivity index is 0.00000784. The van der Waals surface area contributed by atoms with E-state index in [-0.39, 0.29) is 66.0 Å². The molecule has 5 atom stereocenters. The van der Waals surface area contributed by atoms with Crippen LogP contribution in [0, 0.1) is 16.0 Å². The zero-order valence-corrected chi connectivity index (χ0v) is 30.7. The molecular formula is C36H43ClN6O11. The number of methoxy groups -OCH3 is 1. The molecule has 2 aliphatic heterocycles. The summed E-state index contributed by atoms with van der Waals surface area (Å²) in [5, 5.41) is 43.7. The van der Waals surface area contributed by atoms with Crippen LogP contribution in [-0.4, -0.2) is 76.0 Å². The lowest BCUT2D eigenvalue weighted by atomic mass is 9.96. The Hall–Kier alpha value is -5.94. The average molecular weight is 771 g/mol. The number of aromatic hydroxyl groups is 1. The molecule has 3 aromatic rings. The lowest BCUT2D eigenvalue weighted by molar-refractivity contribution is -0.385. The van der Waals surface area contributed by atoms with E-state index in [9.17, 15) is 44.3 Å². The summed E-state index contributed by atoms with van der Waals surface area (Å²) in [6, 6.07) is 7.38. The van der Waals surface area contributed by atoms with Crippen LogP contribution < -0.4 is 36.5 Å². The number of nitrogens with zero attached hydrogens (tertiary/aromatic N) is 1. The van der Waals surface area contributed by atoms with E-state index < -0.39 is 76.2 Å². The number of halogens is 1. The van der Waals surface area contributed by atoms with Crippen molar-refractivity contribution in [2.45, 2.75) is 70.2 Å². The van der Waals surface area contributed by atoms with Crippen molar-refractivity contribution in [3.63, 3.8) is 0 Å². The fraction of sp³-hybridized carbons (Fsp3) is 0.361. The first-order chi connectivity index (χ1) is 25.1. The number of nitrogens with two attached hydrogens (primary N) is 1. The highest BCUT2D eigenvalue weighted by Gasteiger charge is 2.37. The number of phenolic OH excluding ortho intramolecular Hbond substituents is 1. The number of carbonyl (C=O) groups is 5. The van der Waals surface area contributed by atoms with E-state index in [1.165, 1.54) is 25.3 Å². The Morgan fingerprint density at radius 2 is 1.74 bits per heavy atom. The molecule has 0 saturated heterocycles. The number of hydrogen-bond acceptors (Lipinski definition) is 11. The normalized spacial score (nSPS) is 18.1. The summed E-state index contributed by atoms with van der Waals surface area (Å²) >= 11 is 0. The third-order valence-corrected chi connectivity index (χ3v) is 8.37. The largest absolute Gasteiger partial charge is 0.504 e.